The maximum atomic E-state index is 11.9. The van der Waals surface area contributed by atoms with Crippen LogP contribution in [0.2, 0.25) is 0 Å². The fraction of sp³-hybridized carbons (Fsp3) is 0.857. The van der Waals surface area contributed by atoms with E-state index in [2.05, 4.69) is 16.4 Å². The summed E-state index contributed by atoms with van der Waals surface area (Å²) in [6.07, 6.45) is 19.8. The lowest BCUT2D eigenvalue weighted by Gasteiger charge is -2.08. The number of Topliss-reactive ketones (excluding diaryl/α,β-unsaturated/α-hetero) is 2. The number of nitrogens with one attached hydrogen (secondary N) is 2. The summed E-state index contributed by atoms with van der Waals surface area (Å²) in [5.41, 5.74) is 9.51. The number of hydrogen-bond acceptors (Lipinski definition) is 12. The maximum absolute atomic E-state index is 11.9. The van der Waals surface area contributed by atoms with Crippen molar-refractivity contribution in [3.8, 4) is 0 Å². The molecule has 16 heteroatoms. The van der Waals surface area contributed by atoms with E-state index < -0.39 is 17.9 Å². The third-order valence-electron chi connectivity index (χ3n) is 8.80. The second-order valence-corrected chi connectivity index (χ2v) is 14.4. The molecule has 0 fully saturated rings. The van der Waals surface area contributed by atoms with Gasteiger partial charge in [0.25, 0.3) is 0 Å². The van der Waals surface area contributed by atoms with Crippen LogP contribution < -0.4 is 22.1 Å². The molecule has 342 valence electrons. The zero-order valence-electron chi connectivity index (χ0n) is 36.5. The van der Waals surface area contributed by atoms with Gasteiger partial charge >= 0.3 is 5.97 Å². The highest BCUT2D eigenvalue weighted by Crippen LogP contribution is 2.13. The first kappa shape index (κ1) is 59.3. The summed E-state index contributed by atoms with van der Waals surface area (Å²) in [5.74, 6) is -0.899. The Morgan fingerprint density at radius 1 is 0.621 bits per heavy atom. The number of ether oxygens (including phenoxy) is 4. The number of methoxy groups -OCH3 is 1. The molecule has 58 heavy (non-hydrogen) atoms. The number of carbonyl (C=O) groups excluding carboxylic acids is 5. The number of nitrogens with two attached hydrogens (primary N) is 2. The van der Waals surface area contributed by atoms with Crippen molar-refractivity contribution in [1.82, 2.24) is 10.6 Å². The summed E-state index contributed by atoms with van der Waals surface area (Å²) >= 11 is 0. The molecule has 0 aliphatic rings. The summed E-state index contributed by atoms with van der Waals surface area (Å²) < 4.78 is 20.6. The topological polar surface area (TPSA) is 256 Å². The van der Waals surface area contributed by atoms with Crippen LogP contribution in [0.25, 0.3) is 0 Å². The van der Waals surface area contributed by atoms with E-state index >= 15 is 0 Å². The highest BCUT2D eigenvalue weighted by molar-refractivity contribution is 5.80. The summed E-state index contributed by atoms with van der Waals surface area (Å²) in [6.45, 7) is 8.94. The van der Waals surface area contributed by atoms with E-state index in [-0.39, 0.29) is 43.3 Å². The molecule has 0 saturated heterocycles. The number of amides is 3. The van der Waals surface area contributed by atoms with Gasteiger partial charge in [-0.25, -0.2) is 0 Å². The number of primary amides is 1. The van der Waals surface area contributed by atoms with Crippen LogP contribution in [0.3, 0.4) is 0 Å². The van der Waals surface area contributed by atoms with Gasteiger partial charge in [0.15, 0.2) is 0 Å². The van der Waals surface area contributed by atoms with E-state index in [0.717, 1.165) is 64.2 Å². The van der Waals surface area contributed by atoms with Crippen LogP contribution in [0.5, 0.6) is 0 Å². The number of rotatable bonds is 39. The van der Waals surface area contributed by atoms with Crippen molar-refractivity contribution in [2.75, 3.05) is 73.1 Å². The van der Waals surface area contributed by atoms with Crippen LogP contribution in [-0.2, 0) is 47.7 Å². The Labute approximate surface area is 349 Å². The van der Waals surface area contributed by atoms with Gasteiger partial charge in [-0.3, -0.25) is 28.8 Å². The van der Waals surface area contributed by atoms with E-state index in [1.54, 1.807) is 14.0 Å². The van der Waals surface area contributed by atoms with E-state index in [4.69, 9.17) is 34.9 Å². The van der Waals surface area contributed by atoms with Crippen LogP contribution in [-0.4, -0.2) is 125 Å². The van der Waals surface area contributed by atoms with Crippen LogP contribution in [0.4, 0.5) is 0 Å². The Bertz CT molecular complexity index is 1020. The Hall–Kier alpha value is -3.02. The highest BCUT2D eigenvalue weighted by Gasteiger charge is 2.08. The lowest BCUT2D eigenvalue weighted by molar-refractivity contribution is -0.137. The maximum Gasteiger partial charge on any atom is 0.303 e. The molecule has 0 aromatic carbocycles. The fourth-order valence-corrected chi connectivity index (χ4v) is 5.05. The van der Waals surface area contributed by atoms with E-state index in [9.17, 15) is 28.8 Å². The largest absolute Gasteiger partial charge is 0.481 e. The Morgan fingerprint density at radius 2 is 1.10 bits per heavy atom. The summed E-state index contributed by atoms with van der Waals surface area (Å²) in [5, 5.41) is 22.1. The molecule has 0 spiro atoms. The zero-order chi connectivity index (χ0) is 44.1. The lowest BCUT2D eigenvalue weighted by Crippen LogP contribution is -2.39. The molecule has 0 radical (unpaired) electrons. The fourth-order valence-electron chi connectivity index (χ4n) is 5.05. The van der Waals surface area contributed by atoms with Crippen molar-refractivity contribution in [2.45, 2.75) is 155 Å². The minimum absolute atomic E-state index is 0.0170. The predicted molar refractivity (Wildman–Crippen MR) is 225 cm³/mol. The Kier molecular flexibility index (Phi) is 47.7. The quantitative estimate of drug-likeness (QED) is 0.0471. The molecule has 0 aliphatic heterocycles. The summed E-state index contributed by atoms with van der Waals surface area (Å²) in [7, 11) is 1.58. The molecular weight excluding hydrogens is 752 g/mol. The summed E-state index contributed by atoms with van der Waals surface area (Å²) in [4.78, 5) is 65.8. The van der Waals surface area contributed by atoms with Gasteiger partial charge in [-0.05, 0) is 45.4 Å². The van der Waals surface area contributed by atoms with Gasteiger partial charge in [-0.1, -0.05) is 84.5 Å². The minimum Gasteiger partial charge on any atom is -0.481 e. The molecular formula is C42H82N4O12. The molecule has 2 atom stereocenters. The molecule has 0 rings (SSSR count). The van der Waals surface area contributed by atoms with E-state index in [1.165, 1.54) is 44.9 Å². The van der Waals surface area contributed by atoms with Crippen LogP contribution >= 0.6 is 0 Å². The second-order valence-electron chi connectivity index (χ2n) is 14.4. The first-order chi connectivity index (χ1) is 27.8. The number of hydrogen-bond donors (Lipinski definition) is 6. The number of ketones is 2. The molecule has 0 saturated carbocycles. The number of aliphatic carboxylic acids is 1. The highest BCUT2D eigenvalue weighted by atomic mass is 16.5. The average Bonchev–Trinajstić information content (AvgIpc) is 3.18. The summed E-state index contributed by atoms with van der Waals surface area (Å²) in [6, 6.07) is -0.903. The van der Waals surface area contributed by atoms with Gasteiger partial charge in [0.2, 0.25) is 17.7 Å². The number of carboxylic acids is 1. The molecule has 3 amide bonds. The van der Waals surface area contributed by atoms with Gasteiger partial charge in [0.05, 0.1) is 26.4 Å². The molecule has 8 N–H and O–H groups in total. The molecule has 0 unspecified atom stereocenters. The second kappa shape index (κ2) is 46.7. The number of carboxylic acid groups (broad SMARTS) is 1. The smallest absolute Gasteiger partial charge is 0.303 e. The van der Waals surface area contributed by atoms with Gasteiger partial charge in [-0.15, -0.1) is 0 Å². The number of unbranched alkanes of at least 4 members (excludes halogenated alkanes) is 12. The van der Waals surface area contributed by atoms with Gasteiger partial charge in [0, 0.05) is 58.6 Å². The predicted octanol–water partition coefficient (Wildman–Crippen LogP) is 4.39. The van der Waals surface area contributed by atoms with E-state index in [1.807, 2.05) is 13.8 Å². The standard InChI is InChI=1S/C26H49NO7.C13H25NO3.C3H8N2O2/c1-32-20-18-27-25(29)23-34-22-21-33-19-14-16-24(28)15-12-10-8-6-4-2-3-5-7-9-11-13-17-26(30)31;1-4-9-17-10-13(16)14-8-6-5-7-11(2)12(3)15;4-2(1-6)3(5)7/h2-23H2,1H3,(H,27,29)(H,30,31);11H,4-10H2,1-3H3,(H,14,16);2,6H,1,4H2,(H2,5,7)/t;11-;2-/m.00/s1. The van der Waals surface area contributed by atoms with Crippen molar-refractivity contribution in [1.29, 1.82) is 0 Å². The third-order valence-corrected chi connectivity index (χ3v) is 8.80. The third kappa shape index (κ3) is 51.0. The number of aliphatic hydroxyl groups is 1. The molecule has 16 nitrogen and oxygen atoms in total. The lowest BCUT2D eigenvalue weighted by atomic mass is 10.0. The van der Waals surface area contributed by atoms with E-state index in [0.29, 0.717) is 71.2 Å². The molecule has 0 aliphatic carbocycles. The number of aliphatic hydroxyl groups excluding tert-OH is 1. The van der Waals surface area contributed by atoms with Crippen LogP contribution in [0.1, 0.15) is 149 Å². The van der Waals surface area contributed by atoms with Crippen molar-refractivity contribution in [2.24, 2.45) is 17.4 Å². The molecule has 0 heterocycles. The minimum atomic E-state index is -0.903. The van der Waals surface area contributed by atoms with Crippen LogP contribution in [0.15, 0.2) is 0 Å². The molecule has 0 bridgehead atoms. The van der Waals surface area contributed by atoms with Crippen molar-refractivity contribution >= 4 is 35.3 Å². The molecule has 0 aromatic rings. The zero-order valence-corrected chi connectivity index (χ0v) is 36.5. The number of carbonyl (C=O) groups is 6. The Balaban J connectivity index is -0.00000104. The first-order valence-corrected chi connectivity index (χ1v) is 21.5. The van der Waals surface area contributed by atoms with Gasteiger partial charge in [-0.2, -0.15) is 0 Å². The van der Waals surface area contributed by atoms with Gasteiger partial charge < -0.3 is 51.3 Å². The monoisotopic (exact) mass is 835 g/mol. The first-order valence-electron chi connectivity index (χ1n) is 21.5. The van der Waals surface area contributed by atoms with Crippen molar-refractivity contribution in [3.63, 3.8) is 0 Å². The normalized spacial score (nSPS) is 11.6. The molecule has 0 aromatic heterocycles. The van der Waals surface area contributed by atoms with Crippen LogP contribution in [0, 0.1) is 5.92 Å². The van der Waals surface area contributed by atoms with Gasteiger partial charge in [0.1, 0.15) is 30.8 Å². The van der Waals surface area contributed by atoms with Crippen molar-refractivity contribution in [3.05, 3.63) is 0 Å². The Morgan fingerprint density at radius 3 is 1.57 bits per heavy atom. The SMILES string of the molecule is CCCOCC(=O)NCCCC[C@H](C)C(C)=O.COCCNC(=O)COCCOCCCC(=O)CCCCCCCCCCCCCCC(=O)O.NC(=O)[C@@H](N)CO. The average molecular weight is 835 g/mol. The van der Waals surface area contributed by atoms with Crippen molar-refractivity contribution < 1.29 is 57.9 Å².